The van der Waals surface area contributed by atoms with Gasteiger partial charge in [-0.2, -0.15) is 0 Å². The minimum absolute atomic E-state index is 1.23. The molecule has 19 rings (SSSR count). The highest BCUT2D eigenvalue weighted by Gasteiger charge is 2.20. The number of hydrogen-bond acceptors (Lipinski definition) is 0. The third kappa shape index (κ3) is 9.86. The maximum absolute atomic E-state index is 2.35. The van der Waals surface area contributed by atoms with E-state index in [2.05, 4.69) is 376 Å². The van der Waals surface area contributed by atoms with Crippen molar-refractivity contribution >= 4 is 97.0 Å². The second-order valence-electron chi connectivity index (χ2n) is 25.3. The van der Waals surface area contributed by atoms with Gasteiger partial charge in [0.2, 0.25) is 0 Å². The summed E-state index contributed by atoms with van der Waals surface area (Å²) in [4.78, 5) is 0. The fourth-order valence-corrected chi connectivity index (χ4v) is 15.4. The van der Waals surface area contributed by atoms with Gasteiger partial charge in [0, 0.05) is 0 Å². The van der Waals surface area contributed by atoms with Gasteiger partial charge >= 0.3 is 0 Å². The topological polar surface area (TPSA) is 0 Å². The molecule has 0 nitrogen and oxygen atoms in total. The van der Waals surface area contributed by atoms with Gasteiger partial charge in [-0.15, -0.1) is 0 Å². The van der Waals surface area contributed by atoms with Gasteiger partial charge in [0.1, 0.15) is 0 Å². The molecule has 96 heavy (non-hydrogen) atoms. The molecule has 446 valence electrons. The molecule has 0 aromatic heterocycles. The lowest BCUT2D eigenvalue weighted by molar-refractivity contribution is 1.62. The zero-order valence-electron chi connectivity index (χ0n) is 52.8. The molecule has 0 bridgehead atoms. The Morgan fingerprint density at radius 2 is 0.365 bits per heavy atom. The minimum atomic E-state index is 1.23. The van der Waals surface area contributed by atoms with Crippen molar-refractivity contribution in [3.63, 3.8) is 0 Å². The second-order valence-corrected chi connectivity index (χ2v) is 25.3. The zero-order chi connectivity index (χ0) is 63.5. The number of fused-ring (bicyclic) bond motifs is 10. The van der Waals surface area contributed by atoms with Crippen molar-refractivity contribution in [3.8, 4) is 89.0 Å². The van der Waals surface area contributed by atoms with Crippen LogP contribution in [0.25, 0.3) is 186 Å². The van der Waals surface area contributed by atoms with Gasteiger partial charge in [0.15, 0.2) is 0 Å². The number of hydrogen-bond donors (Lipinski definition) is 0. The number of benzene rings is 19. The Morgan fingerprint density at radius 3 is 0.760 bits per heavy atom. The summed E-state index contributed by atoms with van der Waals surface area (Å²) in [5.41, 5.74) is 20.0. The van der Waals surface area contributed by atoms with Crippen LogP contribution in [0.5, 0.6) is 0 Å². The van der Waals surface area contributed by atoms with E-state index in [1.165, 1.54) is 186 Å². The van der Waals surface area contributed by atoms with Crippen molar-refractivity contribution in [2.75, 3.05) is 0 Å². The lowest BCUT2D eigenvalue weighted by Gasteiger charge is -2.18. The molecule has 19 aromatic rings. The van der Waals surface area contributed by atoms with Crippen molar-refractivity contribution in [2.24, 2.45) is 0 Å². The lowest BCUT2D eigenvalue weighted by atomic mass is 9.85. The average Bonchev–Trinajstić information content (AvgIpc) is 0.745. The van der Waals surface area contributed by atoms with Crippen molar-refractivity contribution < 1.29 is 0 Å². The smallest absolute Gasteiger partial charge is 0.00264 e. The van der Waals surface area contributed by atoms with E-state index in [4.69, 9.17) is 0 Å². The Labute approximate surface area is 558 Å². The first kappa shape index (κ1) is 56.3. The van der Waals surface area contributed by atoms with E-state index < -0.39 is 0 Å². The molecule has 0 saturated carbocycles. The van der Waals surface area contributed by atoms with Crippen LogP contribution in [-0.4, -0.2) is 0 Å². The molecule has 0 N–H and O–H groups in total. The molecule has 0 aliphatic carbocycles. The van der Waals surface area contributed by atoms with Crippen LogP contribution in [0.1, 0.15) is 0 Å². The average molecular weight is 1220 g/mol. The van der Waals surface area contributed by atoms with Gasteiger partial charge in [-0.25, -0.2) is 0 Å². The predicted molar refractivity (Wildman–Crippen MR) is 414 cm³/mol. The Bertz CT molecular complexity index is 6090. The summed E-state index contributed by atoms with van der Waals surface area (Å²) in [5, 5.41) is 22.9. The standard InChI is InChI=1S/C50H32.C46H30/c1-3-15-39-33(12-1)14-11-23-40(39)34-24-28-36(29-25-34)49-44-19-7-9-21-46(44)50(47-22-10-8-20-45(47)49)37-30-26-35(27-31-37)48-32-38-13-2-4-16-41(38)42-17-5-6-18-43(42)48;1-2-12-37-30-38(29-22-31(37)10-1)32-20-25-35(26-21-32)45-41-15-5-7-17-43(41)46(44-18-8-6-16-42(44)45)36-27-23-34(24-28-36)40-19-9-13-33-11-3-4-14-39(33)40/h1-32H;1-30H. The van der Waals surface area contributed by atoms with Crippen LogP contribution < -0.4 is 0 Å². The molecule has 0 saturated heterocycles. The predicted octanol–water partition coefficient (Wildman–Crippen LogP) is 27.1. The van der Waals surface area contributed by atoms with Crippen LogP contribution in [0.3, 0.4) is 0 Å². The fourth-order valence-electron chi connectivity index (χ4n) is 15.4. The summed E-state index contributed by atoms with van der Waals surface area (Å²) >= 11 is 0. The van der Waals surface area contributed by atoms with E-state index in [1.807, 2.05) is 0 Å². The van der Waals surface area contributed by atoms with Gasteiger partial charge in [-0.1, -0.05) is 364 Å². The Balaban J connectivity index is 0.000000141. The summed E-state index contributed by atoms with van der Waals surface area (Å²) in [5.74, 6) is 0. The molecule has 0 aliphatic heterocycles. The molecule has 19 aromatic carbocycles. The van der Waals surface area contributed by atoms with Crippen LogP contribution in [0.15, 0.2) is 376 Å². The molecule has 0 heterocycles. The highest BCUT2D eigenvalue weighted by Crippen LogP contribution is 2.47. The van der Waals surface area contributed by atoms with E-state index in [0.29, 0.717) is 0 Å². The third-order valence-electron chi connectivity index (χ3n) is 19.9. The van der Waals surface area contributed by atoms with Gasteiger partial charge in [-0.3, -0.25) is 0 Å². The van der Waals surface area contributed by atoms with Gasteiger partial charge in [-0.05, 0) is 198 Å². The SMILES string of the molecule is c1ccc2c(-c3ccc(-c4c5ccccc5c(-c5ccc(-c6cc7ccccc7c7ccccc67)cc5)c5ccccc45)cc3)cccc2c1.c1ccc2cc(-c3ccc(-c4c5ccccc5c(-c5ccc(-c6cccc7ccccc67)cc5)c5ccccc45)cc3)ccc2c1. The maximum atomic E-state index is 2.35. The fraction of sp³-hybridized carbons (Fsp3) is 0. The first-order valence-electron chi connectivity index (χ1n) is 33.3. The first-order valence-corrected chi connectivity index (χ1v) is 33.3. The van der Waals surface area contributed by atoms with Crippen molar-refractivity contribution in [3.05, 3.63) is 376 Å². The molecular formula is C96H62. The second kappa shape index (κ2) is 23.9. The monoisotopic (exact) mass is 1210 g/mol. The quantitative estimate of drug-likeness (QED) is 0.105. The third-order valence-corrected chi connectivity index (χ3v) is 19.9. The summed E-state index contributed by atoms with van der Waals surface area (Å²) in [6, 6.07) is 138. The molecule has 0 fully saturated rings. The van der Waals surface area contributed by atoms with E-state index in [9.17, 15) is 0 Å². The van der Waals surface area contributed by atoms with Crippen LogP contribution in [0.4, 0.5) is 0 Å². The van der Waals surface area contributed by atoms with Gasteiger partial charge in [0.25, 0.3) is 0 Å². The Hall–Kier alpha value is -12.5. The molecule has 0 radical (unpaired) electrons. The summed E-state index contributed by atoms with van der Waals surface area (Å²) in [6.07, 6.45) is 0. The molecular weight excluding hydrogens is 1150 g/mol. The summed E-state index contributed by atoms with van der Waals surface area (Å²) in [6.45, 7) is 0. The van der Waals surface area contributed by atoms with Crippen LogP contribution in [-0.2, 0) is 0 Å². The molecule has 0 heteroatoms. The molecule has 0 atom stereocenters. The molecule has 0 spiro atoms. The van der Waals surface area contributed by atoms with E-state index >= 15 is 0 Å². The van der Waals surface area contributed by atoms with Crippen molar-refractivity contribution in [1.82, 2.24) is 0 Å². The Morgan fingerprint density at radius 1 is 0.104 bits per heavy atom. The largest absolute Gasteiger partial charge is 0.0616 e. The minimum Gasteiger partial charge on any atom is -0.0616 e. The maximum Gasteiger partial charge on any atom is -0.00264 e. The zero-order valence-corrected chi connectivity index (χ0v) is 52.8. The highest BCUT2D eigenvalue weighted by molar-refractivity contribution is 6.23. The highest BCUT2D eigenvalue weighted by atomic mass is 14.2. The lowest BCUT2D eigenvalue weighted by Crippen LogP contribution is -1.91. The van der Waals surface area contributed by atoms with Crippen LogP contribution in [0, 0.1) is 0 Å². The van der Waals surface area contributed by atoms with E-state index in [0.717, 1.165) is 0 Å². The van der Waals surface area contributed by atoms with Crippen molar-refractivity contribution in [2.45, 2.75) is 0 Å². The van der Waals surface area contributed by atoms with Gasteiger partial charge < -0.3 is 0 Å². The van der Waals surface area contributed by atoms with E-state index in [1.54, 1.807) is 0 Å². The van der Waals surface area contributed by atoms with Crippen LogP contribution >= 0.6 is 0 Å². The Kier molecular flexibility index (Phi) is 14.0. The first-order chi connectivity index (χ1) is 47.6. The molecule has 0 aliphatic rings. The number of rotatable bonds is 8. The normalized spacial score (nSPS) is 11.5. The van der Waals surface area contributed by atoms with Gasteiger partial charge in [0.05, 0.1) is 0 Å². The molecule has 0 unspecified atom stereocenters. The van der Waals surface area contributed by atoms with Crippen LogP contribution in [0.2, 0.25) is 0 Å². The van der Waals surface area contributed by atoms with E-state index in [-0.39, 0.29) is 0 Å². The van der Waals surface area contributed by atoms with Crippen molar-refractivity contribution in [1.29, 1.82) is 0 Å². The molecule has 0 amide bonds. The summed E-state index contributed by atoms with van der Waals surface area (Å²) in [7, 11) is 0. The summed E-state index contributed by atoms with van der Waals surface area (Å²) < 4.78 is 0.